The minimum Gasteiger partial charge on any atom is -0.494 e. The average Bonchev–Trinajstić information content (AvgIpc) is 2.39. The molecule has 1 unspecified atom stereocenters. The van der Waals surface area contributed by atoms with Gasteiger partial charge in [0.05, 0.1) is 12.0 Å². The summed E-state index contributed by atoms with van der Waals surface area (Å²) in [7, 11) is 0. The molecule has 0 aliphatic heterocycles. The van der Waals surface area contributed by atoms with Crippen molar-refractivity contribution < 1.29 is 9.13 Å². The van der Waals surface area contributed by atoms with Crippen molar-refractivity contribution in [1.29, 1.82) is 0 Å². The van der Waals surface area contributed by atoms with E-state index in [1.54, 1.807) is 6.07 Å². The van der Waals surface area contributed by atoms with E-state index in [2.05, 4.69) is 15.9 Å². The van der Waals surface area contributed by atoms with Crippen LogP contribution in [0.4, 0.5) is 4.39 Å². The minimum atomic E-state index is -0.328. The number of hydrogen-bond donors (Lipinski definition) is 0. The molecule has 2 aromatic rings. The Balaban J connectivity index is 2.25. The van der Waals surface area contributed by atoms with E-state index in [0.29, 0.717) is 11.1 Å². The standard InChI is InChI=1S/C15H13BrClFO/c1-2-19-12-6-3-10(4-7-12)15(17)13-8-5-11(18)9-14(13)16/h3-9,15H,2H2,1H3. The van der Waals surface area contributed by atoms with Crippen LogP contribution in [0.15, 0.2) is 46.9 Å². The van der Waals surface area contributed by atoms with Crippen LogP contribution in [-0.2, 0) is 0 Å². The van der Waals surface area contributed by atoms with Gasteiger partial charge in [-0.2, -0.15) is 0 Å². The second-order valence-corrected chi connectivity index (χ2v) is 5.32. The molecule has 19 heavy (non-hydrogen) atoms. The van der Waals surface area contributed by atoms with Crippen LogP contribution in [-0.4, -0.2) is 6.61 Å². The smallest absolute Gasteiger partial charge is 0.124 e. The summed E-state index contributed by atoms with van der Waals surface area (Å²) in [6.45, 7) is 2.57. The van der Waals surface area contributed by atoms with Gasteiger partial charge in [0.15, 0.2) is 0 Å². The van der Waals surface area contributed by atoms with Crippen LogP contribution in [0.2, 0.25) is 0 Å². The van der Waals surface area contributed by atoms with E-state index in [1.165, 1.54) is 12.1 Å². The lowest BCUT2D eigenvalue weighted by molar-refractivity contribution is 0.340. The zero-order valence-corrected chi connectivity index (χ0v) is 12.7. The third-order valence-electron chi connectivity index (χ3n) is 2.72. The quantitative estimate of drug-likeness (QED) is 0.683. The molecule has 2 rings (SSSR count). The van der Waals surface area contributed by atoms with E-state index < -0.39 is 0 Å². The van der Waals surface area contributed by atoms with E-state index in [0.717, 1.165) is 16.9 Å². The van der Waals surface area contributed by atoms with Gasteiger partial charge in [-0.15, -0.1) is 11.6 Å². The van der Waals surface area contributed by atoms with Crippen LogP contribution in [0.3, 0.4) is 0 Å². The molecule has 1 atom stereocenters. The molecule has 0 radical (unpaired) electrons. The fraction of sp³-hybridized carbons (Fsp3) is 0.200. The van der Waals surface area contributed by atoms with Gasteiger partial charge in [0.2, 0.25) is 0 Å². The van der Waals surface area contributed by atoms with Gasteiger partial charge in [0, 0.05) is 4.47 Å². The maximum Gasteiger partial charge on any atom is 0.124 e. The van der Waals surface area contributed by atoms with Crippen molar-refractivity contribution in [3.8, 4) is 5.75 Å². The number of rotatable bonds is 4. The molecular weight excluding hydrogens is 331 g/mol. The van der Waals surface area contributed by atoms with Crippen LogP contribution in [0.25, 0.3) is 0 Å². The van der Waals surface area contributed by atoms with Gasteiger partial charge in [0.25, 0.3) is 0 Å². The molecule has 0 spiro atoms. The fourth-order valence-corrected chi connectivity index (χ4v) is 2.83. The highest BCUT2D eigenvalue weighted by molar-refractivity contribution is 9.10. The average molecular weight is 344 g/mol. The van der Waals surface area contributed by atoms with Gasteiger partial charge in [-0.3, -0.25) is 0 Å². The summed E-state index contributed by atoms with van der Waals surface area (Å²) in [5, 5.41) is -0.328. The maximum absolute atomic E-state index is 13.1. The van der Waals surface area contributed by atoms with E-state index in [9.17, 15) is 4.39 Å². The monoisotopic (exact) mass is 342 g/mol. The fourth-order valence-electron chi connectivity index (χ4n) is 1.79. The molecule has 4 heteroatoms. The van der Waals surface area contributed by atoms with Crippen molar-refractivity contribution in [2.75, 3.05) is 6.61 Å². The van der Waals surface area contributed by atoms with Crippen LogP contribution in [0.5, 0.6) is 5.75 Å². The number of hydrogen-bond acceptors (Lipinski definition) is 1. The number of alkyl halides is 1. The maximum atomic E-state index is 13.1. The Morgan fingerprint density at radius 1 is 1.21 bits per heavy atom. The van der Waals surface area contributed by atoms with E-state index in [4.69, 9.17) is 16.3 Å². The van der Waals surface area contributed by atoms with Crippen molar-refractivity contribution in [2.24, 2.45) is 0 Å². The van der Waals surface area contributed by atoms with Gasteiger partial charge in [0.1, 0.15) is 11.6 Å². The molecular formula is C15H13BrClFO. The minimum absolute atomic E-state index is 0.286. The van der Waals surface area contributed by atoms with Crippen LogP contribution in [0.1, 0.15) is 23.4 Å². The lowest BCUT2D eigenvalue weighted by Crippen LogP contribution is -1.96. The van der Waals surface area contributed by atoms with Gasteiger partial charge in [-0.05, 0) is 42.3 Å². The molecule has 100 valence electrons. The SMILES string of the molecule is CCOc1ccc(C(Cl)c2ccc(F)cc2Br)cc1. The first-order chi connectivity index (χ1) is 9.11. The Labute approximate surface area is 125 Å². The Bertz CT molecular complexity index is 557. The molecule has 1 nitrogen and oxygen atoms in total. The van der Waals surface area contributed by atoms with Gasteiger partial charge in [-0.1, -0.05) is 34.1 Å². The summed E-state index contributed by atoms with van der Waals surface area (Å²) in [5.74, 6) is 0.527. The summed E-state index contributed by atoms with van der Waals surface area (Å²) >= 11 is 9.76. The zero-order chi connectivity index (χ0) is 13.8. The molecule has 0 N–H and O–H groups in total. The second kappa shape index (κ2) is 6.40. The molecule has 0 saturated carbocycles. The third-order valence-corrected chi connectivity index (χ3v) is 3.89. The Morgan fingerprint density at radius 2 is 1.89 bits per heavy atom. The van der Waals surface area contributed by atoms with Gasteiger partial charge >= 0.3 is 0 Å². The predicted octanol–water partition coefficient (Wildman–Crippen LogP) is 5.32. The van der Waals surface area contributed by atoms with Crippen LogP contribution < -0.4 is 4.74 Å². The first kappa shape index (κ1) is 14.4. The highest BCUT2D eigenvalue weighted by Crippen LogP contribution is 2.34. The molecule has 0 fully saturated rings. The van der Waals surface area contributed by atoms with Crippen molar-refractivity contribution in [3.63, 3.8) is 0 Å². The Morgan fingerprint density at radius 3 is 2.47 bits per heavy atom. The van der Waals surface area contributed by atoms with Crippen molar-refractivity contribution in [2.45, 2.75) is 12.3 Å². The molecule has 2 aromatic carbocycles. The first-order valence-electron chi connectivity index (χ1n) is 5.93. The summed E-state index contributed by atoms with van der Waals surface area (Å²) < 4.78 is 19.1. The molecule has 0 amide bonds. The highest BCUT2D eigenvalue weighted by atomic mass is 79.9. The third kappa shape index (κ3) is 3.48. The molecule has 0 heterocycles. The molecule has 0 aromatic heterocycles. The molecule has 0 bridgehead atoms. The molecule has 0 aliphatic rings. The van der Waals surface area contributed by atoms with Gasteiger partial charge in [-0.25, -0.2) is 4.39 Å². The van der Waals surface area contributed by atoms with E-state index >= 15 is 0 Å². The van der Waals surface area contributed by atoms with Crippen molar-refractivity contribution in [1.82, 2.24) is 0 Å². The molecule has 0 aliphatic carbocycles. The largest absolute Gasteiger partial charge is 0.494 e. The lowest BCUT2D eigenvalue weighted by Gasteiger charge is -2.13. The first-order valence-corrected chi connectivity index (χ1v) is 7.16. The van der Waals surface area contributed by atoms with Gasteiger partial charge < -0.3 is 4.74 Å². The van der Waals surface area contributed by atoms with E-state index in [-0.39, 0.29) is 11.2 Å². The second-order valence-electron chi connectivity index (χ2n) is 4.03. The van der Waals surface area contributed by atoms with Crippen molar-refractivity contribution >= 4 is 27.5 Å². The number of benzene rings is 2. The van der Waals surface area contributed by atoms with E-state index in [1.807, 2.05) is 31.2 Å². The topological polar surface area (TPSA) is 9.23 Å². The predicted molar refractivity (Wildman–Crippen MR) is 79.4 cm³/mol. The lowest BCUT2D eigenvalue weighted by atomic mass is 10.0. The zero-order valence-electron chi connectivity index (χ0n) is 10.4. The summed E-state index contributed by atoms with van der Waals surface area (Å²) in [6.07, 6.45) is 0. The normalized spacial score (nSPS) is 12.2. The van der Waals surface area contributed by atoms with Crippen molar-refractivity contribution in [3.05, 3.63) is 63.9 Å². The number of ether oxygens (including phenoxy) is 1. The van der Waals surface area contributed by atoms with Crippen LogP contribution in [0, 0.1) is 5.82 Å². The number of halogens is 3. The summed E-state index contributed by atoms with van der Waals surface area (Å²) in [6, 6.07) is 12.1. The highest BCUT2D eigenvalue weighted by Gasteiger charge is 2.14. The Kier molecular flexibility index (Phi) is 4.83. The Hall–Kier alpha value is -1.06. The summed E-state index contributed by atoms with van der Waals surface area (Å²) in [5.41, 5.74) is 1.78. The summed E-state index contributed by atoms with van der Waals surface area (Å²) in [4.78, 5) is 0. The van der Waals surface area contributed by atoms with Crippen LogP contribution >= 0.6 is 27.5 Å². The molecule has 0 saturated heterocycles.